The van der Waals surface area contributed by atoms with E-state index < -0.39 is 0 Å². The number of nitrogens with one attached hydrogen (secondary N) is 1. The summed E-state index contributed by atoms with van der Waals surface area (Å²) in [5.41, 5.74) is 4.23. The van der Waals surface area contributed by atoms with Crippen molar-refractivity contribution >= 4 is 17.4 Å². The molecule has 4 heteroatoms. The second-order valence-electron chi connectivity index (χ2n) is 5.26. The van der Waals surface area contributed by atoms with Gasteiger partial charge in [0.05, 0.1) is 5.56 Å². The van der Waals surface area contributed by atoms with Crippen LogP contribution < -0.4 is 5.32 Å². The van der Waals surface area contributed by atoms with Gasteiger partial charge in [0.15, 0.2) is 0 Å². The first-order chi connectivity index (χ1) is 10.3. The predicted octanol–water partition coefficient (Wildman–Crippen LogP) is 3.75. The topological polar surface area (TPSA) is 48.7 Å². The Morgan fingerprint density at radius 2 is 2.05 bits per heavy atom. The first kappa shape index (κ1) is 13.9. The van der Waals surface area contributed by atoms with Gasteiger partial charge >= 0.3 is 0 Å². The highest BCUT2D eigenvalue weighted by Crippen LogP contribution is 2.24. The number of hydrogen-bond acceptors (Lipinski definition) is 3. The Morgan fingerprint density at radius 3 is 2.81 bits per heavy atom. The molecule has 0 amide bonds. The highest BCUT2D eigenvalue weighted by molar-refractivity contribution is 6.30. The molecule has 0 saturated heterocycles. The van der Waals surface area contributed by atoms with Crippen molar-refractivity contribution in [2.24, 2.45) is 0 Å². The largest absolute Gasteiger partial charge is 0.369 e. The zero-order valence-corrected chi connectivity index (χ0v) is 12.5. The van der Waals surface area contributed by atoms with Crippen LogP contribution in [0.4, 0.5) is 5.82 Å². The smallest absolute Gasteiger partial charge is 0.144 e. The van der Waals surface area contributed by atoms with E-state index in [9.17, 15) is 5.26 Å². The highest BCUT2D eigenvalue weighted by atomic mass is 35.5. The number of nitrogens with zero attached hydrogens (tertiary/aromatic N) is 2. The summed E-state index contributed by atoms with van der Waals surface area (Å²) in [5, 5.41) is 13.3. The van der Waals surface area contributed by atoms with Gasteiger partial charge in [-0.1, -0.05) is 23.7 Å². The molecular weight excluding hydrogens is 282 g/mol. The van der Waals surface area contributed by atoms with Crippen molar-refractivity contribution < 1.29 is 0 Å². The van der Waals surface area contributed by atoms with E-state index in [0.29, 0.717) is 11.4 Å². The molecule has 0 saturated carbocycles. The van der Waals surface area contributed by atoms with Crippen molar-refractivity contribution in [2.75, 3.05) is 11.9 Å². The summed E-state index contributed by atoms with van der Waals surface area (Å²) in [6, 6.07) is 12.1. The molecule has 0 aliphatic heterocycles. The molecule has 1 aliphatic carbocycles. The third kappa shape index (κ3) is 3.17. The number of nitriles is 1. The number of hydrogen-bond donors (Lipinski definition) is 1. The van der Waals surface area contributed by atoms with Crippen molar-refractivity contribution in [2.45, 2.75) is 25.7 Å². The first-order valence-electron chi connectivity index (χ1n) is 7.17. The van der Waals surface area contributed by atoms with E-state index in [-0.39, 0.29) is 0 Å². The van der Waals surface area contributed by atoms with Crippen molar-refractivity contribution in [1.82, 2.24) is 4.98 Å². The summed E-state index contributed by atoms with van der Waals surface area (Å²) < 4.78 is 0. The lowest BCUT2D eigenvalue weighted by Gasteiger charge is -2.10. The van der Waals surface area contributed by atoms with Crippen LogP contribution in [-0.4, -0.2) is 11.5 Å². The van der Waals surface area contributed by atoms with E-state index in [1.807, 2.05) is 30.3 Å². The Labute approximate surface area is 129 Å². The number of anilines is 1. The minimum atomic E-state index is 0.645. The molecular formula is C17H16ClN3. The minimum absolute atomic E-state index is 0.645. The molecule has 1 N–H and O–H groups in total. The van der Waals surface area contributed by atoms with Gasteiger partial charge in [-0.2, -0.15) is 5.26 Å². The normalized spacial score (nSPS) is 12.8. The first-order valence-corrected chi connectivity index (χ1v) is 7.55. The van der Waals surface area contributed by atoms with E-state index in [1.54, 1.807) is 0 Å². The molecule has 3 nitrogen and oxygen atoms in total. The molecule has 0 atom stereocenters. The van der Waals surface area contributed by atoms with Gasteiger partial charge < -0.3 is 5.32 Å². The molecule has 1 aromatic heterocycles. The average molecular weight is 298 g/mol. The van der Waals surface area contributed by atoms with Crippen LogP contribution >= 0.6 is 11.6 Å². The highest BCUT2D eigenvalue weighted by Gasteiger charge is 2.16. The van der Waals surface area contributed by atoms with E-state index >= 15 is 0 Å². The third-order valence-corrected chi connectivity index (χ3v) is 4.04. The van der Waals surface area contributed by atoms with Gasteiger partial charge in [0.2, 0.25) is 0 Å². The zero-order chi connectivity index (χ0) is 14.7. The Balaban J connectivity index is 1.68. The quantitative estimate of drug-likeness (QED) is 0.935. The van der Waals surface area contributed by atoms with Crippen LogP contribution in [0.2, 0.25) is 5.02 Å². The average Bonchev–Trinajstić information content (AvgIpc) is 2.95. The van der Waals surface area contributed by atoms with Crippen molar-refractivity contribution in [3.05, 3.63) is 57.7 Å². The molecule has 0 spiro atoms. The summed E-state index contributed by atoms with van der Waals surface area (Å²) >= 11 is 5.87. The monoisotopic (exact) mass is 297 g/mol. The fourth-order valence-corrected chi connectivity index (χ4v) is 2.79. The van der Waals surface area contributed by atoms with E-state index in [4.69, 9.17) is 11.6 Å². The lowest BCUT2D eigenvalue weighted by Crippen LogP contribution is -2.09. The molecule has 0 radical (unpaired) electrons. The number of aryl methyl sites for hydroxylation is 2. The number of benzene rings is 1. The molecule has 0 bridgehead atoms. The van der Waals surface area contributed by atoms with Gasteiger partial charge in [-0.25, -0.2) is 4.98 Å². The minimum Gasteiger partial charge on any atom is -0.369 e. The lowest BCUT2D eigenvalue weighted by molar-refractivity contribution is 0.898. The molecule has 1 aromatic carbocycles. The van der Waals surface area contributed by atoms with Crippen molar-refractivity contribution in [1.29, 1.82) is 5.26 Å². The summed E-state index contributed by atoms with van der Waals surface area (Å²) in [6.45, 7) is 0.752. The van der Waals surface area contributed by atoms with Crippen molar-refractivity contribution in [3.8, 4) is 6.07 Å². The van der Waals surface area contributed by atoms with Gasteiger partial charge in [-0.3, -0.25) is 0 Å². The fourth-order valence-electron chi connectivity index (χ4n) is 2.67. The molecule has 1 heterocycles. The summed E-state index contributed by atoms with van der Waals surface area (Å²) in [4.78, 5) is 4.61. The Kier molecular flexibility index (Phi) is 4.08. The Morgan fingerprint density at radius 1 is 1.24 bits per heavy atom. The number of aromatic nitrogens is 1. The maximum Gasteiger partial charge on any atom is 0.144 e. The number of rotatable bonds is 4. The van der Waals surface area contributed by atoms with Gasteiger partial charge in [0, 0.05) is 17.3 Å². The number of fused-ring (bicyclic) bond motifs is 1. The van der Waals surface area contributed by atoms with Crippen LogP contribution in [0.5, 0.6) is 0 Å². The van der Waals surface area contributed by atoms with E-state index in [0.717, 1.165) is 42.9 Å². The van der Waals surface area contributed by atoms with Crippen LogP contribution in [0.1, 0.15) is 28.8 Å². The van der Waals surface area contributed by atoms with Crippen LogP contribution in [-0.2, 0) is 19.3 Å². The van der Waals surface area contributed by atoms with Crippen LogP contribution in [0.3, 0.4) is 0 Å². The fraction of sp³-hybridized carbons (Fsp3) is 0.294. The summed E-state index contributed by atoms with van der Waals surface area (Å²) in [7, 11) is 0. The maximum atomic E-state index is 9.25. The maximum absolute atomic E-state index is 9.25. The molecule has 2 aromatic rings. The Hall–Kier alpha value is -2.05. The van der Waals surface area contributed by atoms with Gasteiger partial charge in [0.1, 0.15) is 11.9 Å². The van der Waals surface area contributed by atoms with Gasteiger partial charge in [-0.15, -0.1) is 0 Å². The van der Waals surface area contributed by atoms with Crippen LogP contribution in [0.25, 0.3) is 0 Å². The van der Waals surface area contributed by atoms with Crippen molar-refractivity contribution in [3.63, 3.8) is 0 Å². The molecule has 1 aliphatic rings. The molecule has 106 valence electrons. The molecule has 0 unspecified atom stereocenters. The predicted molar refractivity (Wildman–Crippen MR) is 84.6 cm³/mol. The third-order valence-electron chi connectivity index (χ3n) is 3.79. The summed E-state index contributed by atoms with van der Waals surface area (Å²) in [5.74, 6) is 0.715. The van der Waals surface area contributed by atoms with E-state index in [1.165, 1.54) is 11.1 Å². The van der Waals surface area contributed by atoms with Crippen LogP contribution in [0, 0.1) is 11.3 Å². The second kappa shape index (κ2) is 6.15. The molecule has 21 heavy (non-hydrogen) atoms. The van der Waals surface area contributed by atoms with Gasteiger partial charge in [-0.05, 0) is 55.0 Å². The standard InChI is InChI=1S/C17H16ClN3/c18-15-6-4-12(5-7-15)8-9-20-17-14(11-19)10-13-2-1-3-16(13)21-17/h4-7,10H,1-3,8-9H2,(H,20,21). The molecule has 3 rings (SSSR count). The number of pyridine rings is 1. The van der Waals surface area contributed by atoms with E-state index in [2.05, 4.69) is 16.4 Å². The lowest BCUT2D eigenvalue weighted by atomic mass is 10.1. The zero-order valence-electron chi connectivity index (χ0n) is 11.7. The summed E-state index contributed by atoms with van der Waals surface area (Å²) in [6.07, 6.45) is 4.08. The SMILES string of the molecule is N#Cc1cc2c(nc1NCCc1ccc(Cl)cc1)CCC2. The Bertz CT molecular complexity index is 686. The van der Waals surface area contributed by atoms with Crippen LogP contribution in [0.15, 0.2) is 30.3 Å². The molecule has 0 fully saturated rings. The number of halogens is 1. The van der Waals surface area contributed by atoms with Gasteiger partial charge in [0.25, 0.3) is 0 Å². The second-order valence-corrected chi connectivity index (χ2v) is 5.70.